The first-order valence-corrected chi connectivity index (χ1v) is 7.91. The van der Waals surface area contributed by atoms with Crippen molar-refractivity contribution in [1.29, 1.82) is 5.26 Å². The minimum Gasteiger partial charge on any atom is -0.360 e. The molecule has 0 atom stereocenters. The van der Waals surface area contributed by atoms with E-state index in [1.807, 2.05) is 31.2 Å². The topological polar surface area (TPSA) is 64.9 Å². The van der Waals surface area contributed by atoms with E-state index in [9.17, 15) is 4.79 Å². The molecule has 24 heavy (non-hydrogen) atoms. The standard InChI is InChI=1S/C18H15Cl2N3O/c1-12-2-5-16(20)8-17(12)22-11-14(9-21)18(24)23-10-13-3-6-15(19)7-4-13/h2-8,11,22H,10H2,1H3,(H,23,24)/b14-11-. The molecule has 0 aromatic heterocycles. The number of carbonyl (C=O) groups is 1. The lowest BCUT2D eigenvalue weighted by molar-refractivity contribution is -0.117. The molecule has 0 heterocycles. The molecule has 0 radical (unpaired) electrons. The van der Waals surface area contributed by atoms with Crippen LogP contribution < -0.4 is 10.6 Å². The lowest BCUT2D eigenvalue weighted by Gasteiger charge is -2.08. The highest BCUT2D eigenvalue weighted by atomic mass is 35.5. The van der Waals surface area contributed by atoms with Gasteiger partial charge in [0, 0.05) is 28.5 Å². The van der Waals surface area contributed by atoms with Crippen LogP contribution in [0.3, 0.4) is 0 Å². The first-order chi connectivity index (χ1) is 11.5. The van der Waals surface area contributed by atoms with Crippen molar-refractivity contribution in [2.24, 2.45) is 0 Å². The fourth-order valence-corrected chi connectivity index (χ4v) is 2.23. The molecule has 6 heteroatoms. The van der Waals surface area contributed by atoms with Crippen LogP contribution in [0.1, 0.15) is 11.1 Å². The Morgan fingerprint density at radius 1 is 1.17 bits per heavy atom. The molecule has 0 bridgehead atoms. The second-order valence-electron chi connectivity index (χ2n) is 5.08. The number of rotatable bonds is 5. The molecule has 2 rings (SSSR count). The number of anilines is 1. The molecule has 0 fully saturated rings. The predicted octanol–water partition coefficient (Wildman–Crippen LogP) is 4.44. The summed E-state index contributed by atoms with van der Waals surface area (Å²) in [5.41, 5.74) is 2.56. The van der Waals surface area contributed by atoms with Gasteiger partial charge in [-0.1, -0.05) is 41.4 Å². The van der Waals surface area contributed by atoms with Crippen LogP contribution in [0.15, 0.2) is 54.2 Å². The molecule has 1 amide bonds. The molecule has 4 nitrogen and oxygen atoms in total. The quantitative estimate of drug-likeness (QED) is 0.612. The predicted molar refractivity (Wildman–Crippen MR) is 96.8 cm³/mol. The van der Waals surface area contributed by atoms with Crippen LogP contribution in [0.2, 0.25) is 10.0 Å². The van der Waals surface area contributed by atoms with E-state index in [-0.39, 0.29) is 5.57 Å². The normalized spacial score (nSPS) is 10.8. The summed E-state index contributed by atoms with van der Waals surface area (Å²) in [4.78, 5) is 12.1. The zero-order valence-corrected chi connectivity index (χ0v) is 14.4. The number of benzene rings is 2. The molecule has 0 aliphatic heterocycles. The van der Waals surface area contributed by atoms with Gasteiger partial charge >= 0.3 is 0 Å². The number of amides is 1. The van der Waals surface area contributed by atoms with Crippen molar-refractivity contribution >= 4 is 34.8 Å². The maximum atomic E-state index is 12.1. The fourth-order valence-electron chi connectivity index (χ4n) is 1.93. The van der Waals surface area contributed by atoms with Crippen molar-refractivity contribution in [3.8, 4) is 6.07 Å². The smallest absolute Gasteiger partial charge is 0.263 e. The van der Waals surface area contributed by atoms with Crippen LogP contribution in [-0.4, -0.2) is 5.91 Å². The molecular weight excluding hydrogens is 345 g/mol. The Morgan fingerprint density at radius 3 is 2.50 bits per heavy atom. The molecule has 122 valence electrons. The first-order valence-electron chi connectivity index (χ1n) is 7.15. The van der Waals surface area contributed by atoms with Gasteiger partial charge in [0.1, 0.15) is 11.6 Å². The minimum absolute atomic E-state index is 0.0247. The maximum absolute atomic E-state index is 12.1. The van der Waals surface area contributed by atoms with Crippen molar-refractivity contribution in [3.05, 3.63) is 75.4 Å². The Balaban J connectivity index is 2.01. The summed E-state index contributed by atoms with van der Waals surface area (Å²) in [5.74, 6) is -0.459. The highest BCUT2D eigenvalue weighted by molar-refractivity contribution is 6.31. The van der Waals surface area contributed by atoms with Gasteiger partial charge in [-0.25, -0.2) is 0 Å². The van der Waals surface area contributed by atoms with Crippen molar-refractivity contribution < 1.29 is 4.79 Å². The van der Waals surface area contributed by atoms with Gasteiger partial charge in [-0.05, 0) is 42.3 Å². The molecule has 2 aromatic rings. The summed E-state index contributed by atoms with van der Waals surface area (Å²) in [7, 11) is 0. The van der Waals surface area contributed by atoms with E-state index >= 15 is 0 Å². The van der Waals surface area contributed by atoms with Crippen LogP contribution >= 0.6 is 23.2 Å². The lowest BCUT2D eigenvalue weighted by atomic mass is 10.2. The highest BCUT2D eigenvalue weighted by Gasteiger charge is 2.09. The van der Waals surface area contributed by atoms with Crippen LogP contribution in [-0.2, 0) is 11.3 Å². The SMILES string of the molecule is Cc1ccc(Cl)cc1N/C=C(/C#N)C(=O)NCc1ccc(Cl)cc1. The molecule has 2 N–H and O–H groups in total. The molecular formula is C18H15Cl2N3O. The van der Waals surface area contributed by atoms with Gasteiger partial charge < -0.3 is 10.6 Å². The molecule has 0 unspecified atom stereocenters. The Labute approximate surface area is 150 Å². The summed E-state index contributed by atoms with van der Waals surface area (Å²) in [6, 6.07) is 14.4. The molecule has 0 aliphatic carbocycles. The third-order valence-electron chi connectivity index (χ3n) is 3.30. The van der Waals surface area contributed by atoms with Crippen molar-refractivity contribution in [1.82, 2.24) is 5.32 Å². The summed E-state index contributed by atoms with van der Waals surface area (Å²) < 4.78 is 0. The third-order valence-corrected chi connectivity index (χ3v) is 3.79. The average Bonchev–Trinajstić information content (AvgIpc) is 2.58. The van der Waals surface area contributed by atoms with Crippen LogP contribution in [0.25, 0.3) is 0 Å². The zero-order valence-electron chi connectivity index (χ0n) is 12.9. The van der Waals surface area contributed by atoms with Gasteiger partial charge in [-0.2, -0.15) is 5.26 Å². The number of carbonyl (C=O) groups excluding carboxylic acids is 1. The monoisotopic (exact) mass is 359 g/mol. The van der Waals surface area contributed by atoms with E-state index in [0.29, 0.717) is 16.6 Å². The van der Waals surface area contributed by atoms with E-state index in [4.69, 9.17) is 28.5 Å². The summed E-state index contributed by atoms with van der Waals surface area (Å²) >= 11 is 11.8. The molecule has 0 saturated carbocycles. The Kier molecular flexibility index (Phi) is 6.25. The van der Waals surface area contributed by atoms with Gasteiger partial charge in [-0.15, -0.1) is 0 Å². The molecule has 2 aromatic carbocycles. The van der Waals surface area contributed by atoms with E-state index in [0.717, 1.165) is 16.8 Å². The summed E-state index contributed by atoms with van der Waals surface area (Å²) in [6.07, 6.45) is 1.37. The number of nitrogens with zero attached hydrogens (tertiary/aromatic N) is 1. The second-order valence-corrected chi connectivity index (χ2v) is 5.96. The molecule has 0 aliphatic rings. The fraction of sp³-hybridized carbons (Fsp3) is 0.111. The second kappa shape index (κ2) is 8.39. The first kappa shape index (κ1) is 17.9. The Hall–Kier alpha value is -2.48. The number of hydrogen-bond acceptors (Lipinski definition) is 3. The molecule has 0 spiro atoms. The number of nitriles is 1. The Morgan fingerprint density at radius 2 is 1.83 bits per heavy atom. The number of aryl methyl sites for hydroxylation is 1. The third kappa shape index (κ3) is 5.02. The van der Waals surface area contributed by atoms with Gasteiger partial charge in [0.2, 0.25) is 0 Å². The zero-order chi connectivity index (χ0) is 17.5. The van der Waals surface area contributed by atoms with Gasteiger partial charge in [0.15, 0.2) is 0 Å². The Bertz CT molecular complexity index is 808. The van der Waals surface area contributed by atoms with E-state index in [1.54, 1.807) is 24.3 Å². The average molecular weight is 360 g/mol. The van der Waals surface area contributed by atoms with E-state index in [1.165, 1.54) is 6.20 Å². The van der Waals surface area contributed by atoms with Gasteiger partial charge in [0.05, 0.1) is 0 Å². The minimum atomic E-state index is -0.459. The largest absolute Gasteiger partial charge is 0.360 e. The number of nitrogens with one attached hydrogen (secondary N) is 2. The van der Waals surface area contributed by atoms with Crippen LogP contribution in [0, 0.1) is 18.3 Å². The number of hydrogen-bond donors (Lipinski definition) is 2. The highest BCUT2D eigenvalue weighted by Crippen LogP contribution is 2.20. The van der Waals surface area contributed by atoms with Gasteiger partial charge in [0.25, 0.3) is 5.91 Å². The lowest BCUT2D eigenvalue weighted by Crippen LogP contribution is -2.24. The van der Waals surface area contributed by atoms with Crippen LogP contribution in [0.5, 0.6) is 0 Å². The number of halogens is 2. The van der Waals surface area contributed by atoms with E-state index in [2.05, 4.69) is 10.6 Å². The van der Waals surface area contributed by atoms with Crippen molar-refractivity contribution in [2.75, 3.05) is 5.32 Å². The van der Waals surface area contributed by atoms with Gasteiger partial charge in [-0.3, -0.25) is 4.79 Å². The van der Waals surface area contributed by atoms with Crippen molar-refractivity contribution in [2.45, 2.75) is 13.5 Å². The summed E-state index contributed by atoms with van der Waals surface area (Å²) in [5, 5.41) is 16.0. The molecule has 0 saturated heterocycles. The summed E-state index contributed by atoms with van der Waals surface area (Å²) in [6.45, 7) is 2.21. The van der Waals surface area contributed by atoms with Crippen molar-refractivity contribution in [3.63, 3.8) is 0 Å². The van der Waals surface area contributed by atoms with E-state index < -0.39 is 5.91 Å². The maximum Gasteiger partial charge on any atom is 0.263 e. The van der Waals surface area contributed by atoms with Crippen LogP contribution in [0.4, 0.5) is 5.69 Å².